The van der Waals surface area contributed by atoms with E-state index >= 15 is 0 Å². The van der Waals surface area contributed by atoms with Crippen LogP contribution in [0.5, 0.6) is 11.5 Å². The zero-order chi connectivity index (χ0) is 19.8. The number of hydrogen-bond acceptors (Lipinski definition) is 4. The topological polar surface area (TPSA) is 36.9 Å². The van der Waals surface area contributed by atoms with Crippen LogP contribution in [0.4, 0.5) is 0 Å². The lowest BCUT2D eigenvalue weighted by Crippen LogP contribution is -2.13. The summed E-state index contributed by atoms with van der Waals surface area (Å²) in [5, 5.41) is 0. The van der Waals surface area contributed by atoms with Crippen molar-refractivity contribution in [1.82, 2.24) is 0 Å². The van der Waals surface area contributed by atoms with Crippen LogP contribution in [0.2, 0.25) is 0 Å². The Hall–Kier alpha value is -2.04. The summed E-state index contributed by atoms with van der Waals surface area (Å²) >= 11 is 0. The second-order valence-electron chi connectivity index (χ2n) is 7.09. The van der Waals surface area contributed by atoms with Crippen LogP contribution in [-0.2, 0) is 9.47 Å². The van der Waals surface area contributed by atoms with Gasteiger partial charge in [-0.25, -0.2) is 0 Å². The van der Waals surface area contributed by atoms with Crippen LogP contribution in [0.15, 0.2) is 24.3 Å². The van der Waals surface area contributed by atoms with Gasteiger partial charge in [-0.1, -0.05) is 35.4 Å². The van der Waals surface area contributed by atoms with Crippen molar-refractivity contribution >= 4 is 0 Å². The molecule has 0 aliphatic carbocycles. The van der Waals surface area contributed by atoms with Crippen LogP contribution in [0.3, 0.4) is 0 Å². The van der Waals surface area contributed by atoms with Gasteiger partial charge in [0.25, 0.3) is 0 Å². The molecule has 0 aliphatic rings. The highest BCUT2D eigenvalue weighted by molar-refractivity contribution is 5.43. The zero-order valence-electron chi connectivity index (χ0n) is 17.5. The Morgan fingerprint density at radius 3 is 1.19 bits per heavy atom. The molecule has 148 valence electrons. The molecule has 0 radical (unpaired) electrons. The minimum Gasteiger partial charge on any atom is -0.491 e. The van der Waals surface area contributed by atoms with E-state index in [0.29, 0.717) is 26.4 Å². The number of rotatable bonds is 10. The Morgan fingerprint density at radius 2 is 0.852 bits per heavy atom. The molecular weight excluding hydrogens is 340 g/mol. The fourth-order valence-corrected chi connectivity index (χ4v) is 3.37. The Morgan fingerprint density at radius 1 is 0.519 bits per heavy atom. The van der Waals surface area contributed by atoms with Gasteiger partial charge in [-0.3, -0.25) is 0 Å². The van der Waals surface area contributed by atoms with E-state index in [2.05, 4.69) is 65.8 Å². The summed E-state index contributed by atoms with van der Waals surface area (Å²) in [5.41, 5.74) is 7.12. The van der Waals surface area contributed by atoms with Crippen LogP contribution in [0, 0.1) is 41.5 Å². The highest BCUT2D eigenvalue weighted by Crippen LogP contribution is 2.25. The van der Waals surface area contributed by atoms with Crippen molar-refractivity contribution < 1.29 is 18.9 Å². The van der Waals surface area contributed by atoms with E-state index in [1.54, 1.807) is 0 Å². The largest absolute Gasteiger partial charge is 0.491 e. The number of benzene rings is 2. The van der Waals surface area contributed by atoms with Gasteiger partial charge in [0, 0.05) is 0 Å². The van der Waals surface area contributed by atoms with Crippen molar-refractivity contribution in [3.63, 3.8) is 0 Å². The molecule has 27 heavy (non-hydrogen) atoms. The molecule has 2 aromatic rings. The van der Waals surface area contributed by atoms with Crippen molar-refractivity contribution in [3.8, 4) is 11.5 Å². The normalized spacial score (nSPS) is 10.9. The maximum Gasteiger partial charge on any atom is 0.147 e. The molecule has 0 atom stereocenters. The summed E-state index contributed by atoms with van der Waals surface area (Å²) in [5.74, 6) is 1.89. The smallest absolute Gasteiger partial charge is 0.147 e. The Kier molecular flexibility index (Phi) is 8.14. The zero-order valence-corrected chi connectivity index (χ0v) is 17.5. The fourth-order valence-electron chi connectivity index (χ4n) is 3.37. The fraction of sp³-hybridized carbons (Fsp3) is 0.478. The van der Waals surface area contributed by atoms with E-state index in [9.17, 15) is 0 Å². The maximum atomic E-state index is 5.84. The molecule has 0 saturated heterocycles. The molecule has 2 rings (SSSR count). The summed E-state index contributed by atoms with van der Waals surface area (Å²) in [6.07, 6.45) is 0. The standard InChI is InChI=1S/C23H32O4/c1-16-11-18(3)22(19(4)12-16)26-9-7-24-15-25-8-10-27-23-20(5)13-17(2)14-21(23)6/h11-14H,7-10,15H2,1-6H3. The highest BCUT2D eigenvalue weighted by atomic mass is 16.7. The maximum absolute atomic E-state index is 5.84. The molecule has 4 heteroatoms. The minimum atomic E-state index is 0.241. The molecule has 0 N–H and O–H groups in total. The van der Waals surface area contributed by atoms with Gasteiger partial charge in [0.2, 0.25) is 0 Å². The Labute approximate surface area is 163 Å². The minimum absolute atomic E-state index is 0.241. The van der Waals surface area contributed by atoms with E-state index < -0.39 is 0 Å². The molecule has 4 nitrogen and oxygen atoms in total. The molecule has 0 bridgehead atoms. The van der Waals surface area contributed by atoms with E-state index in [0.717, 1.165) is 33.8 Å². The first-order valence-corrected chi connectivity index (χ1v) is 9.45. The Balaban J connectivity index is 1.58. The second kappa shape index (κ2) is 10.3. The van der Waals surface area contributed by atoms with E-state index in [4.69, 9.17) is 18.9 Å². The molecule has 0 amide bonds. The SMILES string of the molecule is Cc1cc(C)c(OCCOCOCCOc2c(C)cc(C)cc2C)c(C)c1. The van der Waals surface area contributed by atoms with Crippen molar-refractivity contribution in [2.75, 3.05) is 33.2 Å². The van der Waals surface area contributed by atoms with Crippen molar-refractivity contribution in [3.05, 3.63) is 57.6 Å². The van der Waals surface area contributed by atoms with Crippen molar-refractivity contribution in [2.24, 2.45) is 0 Å². The van der Waals surface area contributed by atoms with Gasteiger partial charge in [0.15, 0.2) is 0 Å². The molecular formula is C23H32O4. The van der Waals surface area contributed by atoms with Gasteiger partial charge < -0.3 is 18.9 Å². The predicted octanol–water partition coefficient (Wildman–Crippen LogP) is 4.99. The first-order valence-electron chi connectivity index (χ1n) is 9.45. The Bertz CT molecular complexity index is 643. The predicted molar refractivity (Wildman–Crippen MR) is 109 cm³/mol. The summed E-state index contributed by atoms with van der Waals surface area (Å²) < 4.78 is 22.6. The highest BCUT2D eigenvalue weighted by Gasteiger charge is 2.06. The number of hydrogen-bond donors (Lipinski definition) is 0. The monoisotopic (exact) mass is 372 g/mol. The molecule has 0 saturated carbocycles. The van der Waals surface area contributed by atoms with Crippen LogP contribution in [-0.4, -0.2) is 33.2 Å². The number of aryl methyl sites for hydroxylation is 6. The first kappa shape index (κ1) is 21.3. The first-order chi connectivity index (χ1) is 12.9. The third kappa shape index (κ3) is 6.56. The van der Waals surface area contributed by atoms with Crippen LogP contribution in [0.25, 0.3) is 0 Å². The third-order valence-electron chi connectivity index (χ3n) is 4.32. The van der Waals surface area contributed by atoms with Crippen LogP contribution in [0.1, 0.15) is 33.4 Å². The third-order valence-corrected chi connectivity index (χ3v) is 4.32. The molecule has 0 fully saturated rings. The molecule has 0 aromatic heterocycles. The average Bonchev–Trinajstić information content (AvgIpc) is 2.56. The van der Waals surface area contributed by atoms with Crippen molar-refractivity contribution in [1.29, 1.82) is 0 Å². The summed E-state index contributed by atoms with van der Waals surface area (Å²) in [7, 11) is 0. The van der Waals surface area contributed by atoms with E-state index in [1.165, 1.54) is 11.1 Å². The van der Waals surface area contributed by atoms with Gasteiger partial charge in [-0.05, 0) is 63.8 Å². The van der Waals surface area contributed by atoms with Crippen molar-refractivity contribution in [2.45, 2.75) is 41.5 Å². The molecule has 0 spiro atoms. The molecule has 0 unspecified atom stereocenters. The van der Waals surface area contributed by atoms with E-state index in [-0.39, 0.29) is 6.79 Å². The summed E-state index contributed by atoms with van der Waals surface area (Å²) in [6, 6.07) is 8.51. The van der Waals surface area contributed by atoms with Crippen LogP contribution < -0.4 is 9.47 Å². The lowest BCUT2D eigenvalue weighted by atomic mass is 10.1. The number of ether oxygens (including phenoxy) is 4. The molecule has 0 aliphatic heterocycles. The average molecular weight is 373 g/mol. The van der Waals surface area contributed by atoms with Gasteiger partial charge in [-0.15, -0.1) is 0 Å². The quantitative estimate of drug-likeness (QED) is 0.435. The van der Waals surface area contributed by atoms with E-state index in [1.807, 2.05) is 0 Å². The van der Waals surface area contributed by atoms with Gasteiger partial charge in [0.1, 0.15) is 31.5 Å². The van der Waals surface area contributed by atoms with Gasteiger partial charge in [0.05, 0.1) is 13.2 Å². The molecule has 0 heterocycles. The van der Waals surface area contributed by atoms with Gasteiger partial charge in [-0.2, -0.15) is 0 Å². The van der Waals surface area contributed by atoms with Gasteiger partial charge >= 0.3 is 0 Å². The second-order valence-corrected chi connectivity index (χ2v) is 7.09. The lowest BCUT2D eigenvalue weighted by molar-refractivity contribution is -0.0663. The summed E-state index contributed by atoms with van der Waals surface area (Å²) in [4.78, 5) is 0. The molecule has 2 aromatic carbocycles. The van der Waals surface area contributed by atoms with Crippen LogP contribution >= 0.6 is 0 Å². The summed E-state index contributed by atoms with van der Waals surface area (Å²) in [6.45, 7) is 14.7. The lowest BCUT2D eigenvalue weighted by Gasteiger charge is -2.14.